The second-order valence-electron chi connectivity index (χ2n) is 5.88. The Bertz CT molecular complexity index is 477. The molecular weight excluding hydrogens is 252 g/mol. The van der Waals surface area contributed by atoms with Gasteiger partial charge in [0.05, 0.1) is 0 Å². The third-order valence-corrected chi connectivity index (χ3v) is 3.71. The molecule has 0 aliphatic carbocycles. The normalized spacial score (nSPS) is 18.7. The Hall–Kier alpha value is -1.36. The highest BCUT2D eigenvalue weighted by Gasteiger charge is 2.19. The topological polar surface area (TPSA) is 61.0 Å². The lowest BCUT2D eigenvalue weighted by Gasteiger charge is -2.26. The maximum absolute atomic E-state index is 11.8. The number of hydrogen-bond acceptors (Lipinski definition) is 4. The first kappa shape index (κ1) is 15.0. The lowest BCUT2D eigenvalue weighted by molar-refractivity contribution is 0.573. The van der Waals surface area contributed by atoms with Gasteiger partial charge in [0.1, 0.15) is 11.6 Å². The third-order valence-electron chi connectivity index (χ3n) is 3.71. The molecule has 1 unspecified atom stereocenters. The van der Waals surface area contributed by atoms with Crippen molar-refractivity contribution < 1.29 is 0 Å². The van der Waals surface area contributed by atoms with Crippen LogP contribution in [-0.2, 0) is 0 Å². The lowest BCUT2D eigenvalue weighted by Crippen LogP contribution is -2.39. The minimum absolute atomic E-state index is 0.0563. The van der Waals surface area contributed by atoms with Gasteiger partial charge in [-0.1, -0.05) is 20.8 Å². The van der Waals surface area contributed by atoms with Crippen LogP contribution in [0.25, 0.3) is 0 Å². The molecule has 1 atom stereocenters. The summed E-state index contributed by atoms with van der Waals surface area (Å²) in [6, 6.07) is 2.14. The van der Waals surface area contributed by atoms with Crippen LogP contribution in [0.4, 0.5) is 5.82 Å². The zero-order valence-electron chi connectivity index (χ0n) is 12.8. The molecule has 1 aromatic heterocycles. The third kappa shape index (κ3) is 3.82. The van der Waals surface area contributed by atoms with E-state index in [-0.39, 0.29) is 11.5 Å². The first-order valence-corrected chi connectivity index (χ1v) is 7.69. The molecule has 5 heteroatoms. The fraction of sp³-hybridized carbons (Fsp3) is 0.733. The Kier molecular flexibility index (Phi) is 5.17. The van der Waals surface area contributed by atoms with E-state index >= 15 is 0 Å². The molecule has 1 fully saturated rings. The molecule has 1 aliphatic heterocycles. The smallest absolute Gasteiger partial charge is 0.252 e. The summed E-state index contributed by atoms with van der Waals surface area (Å²) in [5.41, 5.74) is -0.0563. The number of hydrogen-bond donors (Lipinski definition) is 2. The van der Waals surface area contributed by atoms with Crippen LogP contribution in [-0.4, -0.2) is 35.6 Å². The van der Waals surface area contributed by atoms with Gasteiger partial charge < -0.3 is 15.2 Å². The first-order chi connectivity index (χ1) is 9.60. The highest BCUT2D eigenvalue weighted by atomic mass is 16.1. The van der Waals surface area contributed by atoms with Crippen LogP contribution in [0.15, 0.2) is 10.9 Å². The quantitative estimate of drug-likeness (QED) is 0.834. The van der Waals surface area contributed by atoms with Gasteiger partial charge in [0.15, 0.2) is 0 Å². The highest BCUT2D eigenvalue weighted by Crippen LogP contribution is 2.16. The Balaban J connectivity index is 2.20. The van der Waals surface area contributed by atoms with E-state index in [1.54, 1.807) is 6.07 Å². The van der Waals surface area contributed by atoms with Gasteiger partial charge >= 0.3 is 0 Å². The zero-order valence-corrected chi connectivity index (χ0v) is 12.8. The van der Waals surface area contributed by atoms with Crippen LogP contribution < -0.4 is 15.8 Å². The fourth-order valence-electron chi connectivity index (χ4n) is 2.65. The summed E-state index contributed by atoms with van der Waals surface area (Å²) in [5, 5.41) is 3.51. The van der Waals surface area contributed by atoms with Crippen molar-refractivity contribution in [3.05, 3.63) is 22.2 Å². The minimum Gasteiger partial charge on any atom is -0.355 e. The van der Waals surface area contributed by atoms with E-state index in [1.807, 2.05) is 13.8 Å². The average Bonchev–Trinajstić information content (AvgIpc) is 2.90. The van der Waals surface area contributed by atoms with Crippen LogP contribution in [0.5, 0.6) is 0 Å². The number of nitrogens with zero attached hydrogens (tertiary/aromatic N) is 2. The predicted molar refractivity (Wildman–Crippen MR) is 82.5 cm³/mol. The molecule has 0 spiro atoms. The molecule has 1 aliphatic rings. The summed E-state index contributed by atoms with van der Waals surface area (Å²) in [7, 11) is 0. The molecule has 1 saturated heterocycles. The molecule has 0 radical (unpaired) electrons. The van der Waals surface area contributed by atoms with Gasteiger partial charge in [-0.2, -0.15) is 0 Å². The van der Waals surface area contributed by atoms with Gasteiger partial charge in [0.2, 0.25) is 0 Å². The monoisotopic (exact) mass is 278 g/mol. The molecule has 2 rings (SSSR count). The van der Waals surface area contributed by atoms with E-state index in [9.17, 15) is 4.79 Å². The predicted octanol–water partition coefficient (Wildman–Crippen LogP) is 1.86. The van der Waals surface area contributed by atoms with E-state index in [4.69, 9.17) is 0 Å². The molecular formula is C15H26N4O. The molecule has 2 heterocycles. The average molecular weight is 278 g/mol. The number of anilines is 1. The number of nitrogens with one attached hydrogen (secondary N) is 2. The standard InChI is InChI=1S/C15H26N4O/c1-4-8-19(10-12-6-5-7-16-12)13-9-14(20)18-15(17-13)11(2)3/h9,11-12,16H,4-8,10H2,1-3H3,(H,17,18,20). The zero-order chi connectivity index (χ0) is 14.5. The Morgan fingerprint density at radius 1 is 1.50 bits per heavy atom. The van der Waals surface area contributed by atoms with Crippen LogP contribution in [0, 0.1) is 0 Å². The van der Waals surface area contributed by atoms with Crippen LogP contribution in [0.2, 0.25) is 0 Å². The second kappa shape index (κ2) is 6.88. The highest BCUT2D eigenvalue weighted by molar-refractivity contribution is 5.38. The molecule has 5 nitrogen and oxygen atoms in total. The summed E-state index contributed by atoms with van der Waals surface area (Å²) in [5.74, 6) is 1.82. The largest absolute Gasteiger partial charge is 0.355 e. The Morgan fingerprint density at radius 2 is 2.30 bits per heavy atom. The van der Waals surface area contributed by atoms with E-state index in [1.165, 1.54) is 12.8 Å². The summed E-state index contributed by atoms with van der Waals surface area (Å²) in [4.78, 5) is 21.5. The Morgan fingerprint density at radius 3 is 2.90 bits per heavy atom. The first-order valence-electron chi connectivity index (χ1n) is 7.69. The van der Waals surface area contributed by atoms with Gasteiger partial charge in [0, 0.05) is 31.1 Å². The van der Waals surface area contributed by atoms with Gasteiger partial charge in [-0.25, -0.2) is 4.98 Å². The van der Waals surface area contributed by atoms with Crippen molar-refractivity contribution in [2.45, 2.75) is 52.0 Å². The number of aromatic amines is 1. The molecule has 0 amide bonds. The fourth-order valence-corrected chi connectivity index (χ4v) is 2.65. The number of aromatic nitrogens is 2. The van der Waals surface area contributed by atoms with Gasteiger partial charge in [-0.05, 0) is 25.8 Å². The van der Waals surface area contributed by atoms with Crippen molar-refractivity contribution in [3.63, 3.8) is 0 Å². The second-order valence-corrected chi connectivity index (χ2v) is 5.88. The summed E-state index contributed by atoms with van der Waals surface area (Å²) in [6.45, 7) is 9.22. The van der Waals surface area contributed by atoms with Crippen molar-refractivity contribution in [2.75, 3.05) is 24.5 Å². The van der Waals surface area contributed by atoms with Crippen LogP contribution in [0.3, 0.4) is 0 Å². The van der Waals surface area contributed by atoms with Crippen molar-refractivity contribution >= 4 is 5.82 Å². The molecule has 0 bridgehead atoms. The van der Waals surface area contributed by atoms with Crippen molar-refractivity contribution in [2.24, 2.45) is 0 Å². The van der Waals surface area contributed by atoms with Crippen molar-refractivity contribution in [1.82, 2.24) is 15.3 Å². The van der Waals surface area contributed by atoms with E-state index in [2.05, 4.69) is 27.1 Å². The summed E-state index contributed by atoms with van der Waals surface area (Å²) < 4.78 is 0. The lowest BCUT2D eigenvalue weighted by atomic mass is 10.2. The minimum atomic E-state index is -0.0563. The molecule has 2 N–H and O–H groups in total. The van der Waals surface area contributed by atoms with Crippen molar-refractivity contribution in [1.29, 1.82) is 0 Å². The van der Waals surface area contributed by atoms with Crippen LogP contribution in [0.1, 0.15) is 51.8 Å². The SMILES string of the molecule is CCCN(CC1CCCN1)c1cc(=O)[nH]c(C(C)C)n1. The number of H-pyrrole nitrogens is 1. The summed E-state index contributed by atoms with van der Waals surface area (Å²) >= 11 is 0. The molecule has 112 valence electrons. The maximum atomic E-state index is 11.8. The van der Waals surface area contributed by atoms with Crippen LogP contribution >= 0.6 is 0 Å². The van der Waals surface area contributed by atoms with Gasteiger partial charge in [0.25, 0.3) is 5.56 Å². The molecule has 20 heavy (non-hydrogen) atoms. The van der Waals surface area contributed by atoms with Gasteiger partial charge in [-0.3, -0.25) is 4.79 Å². The van der Waals surface area contributed by atoms with E-state index < -0.39 is 0 Å². The van der Waals surface area contributed by atoms with Gasteiger partial charge in [-0.15, -0.1) is 0 Å². The Labute approximate surface area is 120 Å². The van der Waals surface area contributed by atoms with E-state index in [0.29, 0.717) is 6.04 Å². The van der Waals surface area contributed by atoms with E-state index in [0.717, 1.165) is 37.7 Å². The summed E-state index contributed by atoms with van der Waals surface area (Å²) in [6.07, 6.45) is 3.50. The van der Waals surface area contributed by atoms with Crippen molar-refractivity contribution in [3.8, 4) is 0 Å². The maximum Gasteiger partial charge on any atom is 0.252 e. The molecule has 1 aromatic rings. The molecule has 0 aromatic carbocycles. The number of rotatable bonds is 6. The molecule has 0 saturated carbocycles.